The zero-order valence-corrected chi connectivity index (χ0v) is 11.5. The zero-order valence-electron chi connectivity index (χ0n) is 10.8. The molecular weight excluding hydrogens is 220 g/mol. The van der Waals surface area contributed by atoms with Gasteiger partial charge in [-0.15, -0.1) is 11.6 Å². The van der Waals surface area contributed by atoms with Gasteiger partial charge in [-0.1, -0.05) is 12.8 Å². The lowest BCUT2D eigenvalue weighted by molar-refractivity contribution is 0.253. The average Bonchev–Trinajstić information content (AvgIpc) is 2.79. The van der Waals surface area contributed by atoms with Crippen molar-refractivity contribution in [2.45, 2.75) is 38.5 Å². The van der Waals surface area contributed by atoms with Gasteiger partial charge in [0.15, 0.2) is 0 Å². The second-order valence-corrected chi connectivity index (χ2v) is 5.33. The number of halogens is 1. The zero-order chi connectivity index (χ0) is 11.6. The van der Waals surface area contributed by atoms with Crippen LogP contribution in [-0.4, -0.2) is 55.5 Å². The Morgan fingerprint density at radius 2 is 1.69 bits per heavy atom. The van der Waals surface area contributed by atoms with Crippen molar-refractivity contribution in [1.82, 2.24) is 9.80 Å². The third-order valence-electron chi connectivity index (χ3n) is 3.42. The highest BCUT2D eigenvalue weighted by Crippen LogP contribution is 2.07. The van der Waals surface area contributed by atoms with Crippen molar-refractivity contribution in [3.05, 3.63) is 0 Å². The number of hydrogen-bond donors (Lipinski definition) is 0. The van der Waals surface area contributed by atoms with Crippen LogP contribution in [0.5, 0.6) is 0 Å². The highest BCUT2D eigenvalue weighted by molar-refractivity contribution is 6.17. The Morgan fingerprint density at radius 1 is 1.00 bits per heavy atom. The van der Waals surface area contributed by atoms with Gasteiger partial charge in [0.2, 0.25) is 0 Å². The molecule has 96 valence electrons. The van der Waals surface area contributed by atoms with Gasteiger partial charge in [0.05, 0.1) is 0 Å². The molecule has 0 unspecified atom stereocenters. The van der Waals surface area contributed by atoms with Crippen molar-refractivity contribution in [1.29, 1.82) is 0 Å². The molecule has 0 aliphatic carbocycles. The molecule has 1 rings (SSSR count). The van der Waals surface area contributed by atoms with Crippen molar-refractivity contribution in [2.75, 3.05) is 45.7 Å². The van der Waals surface area contributed by atoms with Crippen LogP contribution >= 0.6 is 11.6 Å². The number of nitrogens with zero attached hydrogens (tertiary/aromatic N) is 2. The van der Waals surface area contributed by atoms with Crippen molar-refractivity contribution in [3.63, 3.8) is 0 Å². The average molecular weight is 247 g/mol. The number of rotatable bonds is 9. The van der Waals surface area contributed by atoms with Crippen molar-refractivity contribution >= 4 is 11.6 Å². The van der Waals surface area contributed by atoms with Crippen LogP contribution in [0.1, 0.15) is 38.5 Å². The van der Waals surface area contributed by atoms with Crippen molar-refractivity contribution in [2.24, 2.45) is 0 Å². The summed E-state index contributed by atoms with van der Waals surface area (Å²) in [5, 5.41) is 0. The predicted molar refractivity (Wildman–Crippen MR) is 72.4 cm³/mol. The molecule has 0 aromatic rings. The van der Waals surface area contributed by atoms with Crippen LogP contribution in [0, 0.1) is 0 Å². The van der Waals surface area contributed by atoms with E-state index >= 15 is 0 Å². The molecule has 0 amide bonds. The third-order valence-corrected chi connectivity index (χ3v) is 3.69. The number of hydrogen-bond acceptors (Lipinski definition) is 2. The quantitative estimate of drug-likeness (QED) is 0.456. The molecule has 1 aliphatic rings. The molecule has 1 fully saturated rings. The Bertz CT molecular complexity index is 158. The first-order valence-electron chi connectivity index (χ1n) is 6.80. The second-order valence-electron chi connectivity index (χ2n) is 4.96. The molecular formula is C13H27ClN2. The molecule has 0 aromatic heterocycles. The Hall–Kier alpha value is 0.210. The lowest BCUT2D eigenvalue weighted by atomic mass is 10.2. The first-order chi connectivity index (χ1) is 7.83. The Labute approximate surface area is 106 Å². The molecule has 3 heteroatoms. The van der Waals surface area contributed by atoms with E-state index < -0.39 is 0 Å². The maximum Gasteiger partial charge on any atom is 0.0223 e. The molecule has 0 spiro atoms. The maximum atomic E-state index is 5.65. The standard InChI is InChI=1S/C13H27ClN2/c1-15(9-5-3-2-4-8-14)12-13-16-10-6-7-11-16/h2-13H2,1H3. The van der Waals surface area contributed by atoms with Crippen LogP contribution in [0.25, 0.3) is 0 Å². The summed E-state index contributed by atoms with van der Waals surface area (Å²) in [5.41, 5.74) is 0. The lowest BCUT2D eigenvalue weighted by Gasteiger charge is -2.21. The molecule has 1 heterocycles. The summed E-state index contributed by atoms with van der Waals surface area (Å²) in [6, 6.07) is 0. The Kier molecular flexibility index (Phi) is 8.26. The molecule has 0 radical (unpaired) electrons. The smallest absolute Gasteiger partial charge is 0.0223 e. The summed E-state index contributed by atoms with van der Waals surface area (Å²) in [4.78, 5) is 5.06. The molecule has 0 N–H and O–H groups in total. The van der Waals surface area contributed by atoms with E-state index in [-0.39, 0.29) is 0 Å². The molecule has 1 saturated heterocycles. The first kappa shape index (κ1) is 14.3. The van der Waals surface area contributed by atoms with Gasteiger partial charge in [-0.25, -0.2) is 0 Å². The highest BCUT2D eigenvalue weighted by atomic mass is 35.5. The summed E-state index contributed by atoms with van der Waals surface area (Å²) in [6.45, 7) is 6.39. The minimum atomic E-state index is 0.824. The van der Waals surface area contributed by atoms with Crippen LogP contribution in [0.15, 0.2) is 0 Å². The van der Waals surface area contributed by atoms with E-state index in [0.29, 0.717) is 0 Å². The summed E-state index contributed by atoms with van der Waals surface area (Å²) in [6.07, 6.45) is 7.95. The third kappa shape index (κ3) is 6.72. The molecule has 0 bridgehead atoms. The summed E-state index contributed by atoms with van der Waals surface area (Å²) in [7, 11) is 2.25. The maximum absolute atomic E-state index is 5.65. The summed E-state index contributed by atoms with van der Waals surface area (Å²) >= 11 is 5.65. The van der Waals surface area contributed by atoms with Gasteiger partial charge in [-0.05, 0) is 52.4 Å². The molecule has 2 nitrogen and oxygen atoms in total. The molecule has 16 heavy (non-hydrogen) atoms. The van der Waals surface area contributed by atoms with E-state index in [9.17, 15) is 0 Å². The van der Waals surface area contributed by atoms with E-state index in [1.54, 1.807) is 0 Å². The van der Waals surface area contributed by atoms with Gasteiger partial charge in [0.25, 0.3) is 0 Å². The van der Waals surface area contributed by atoms with Gasteiger partial charge in [0.1, 0.15) is 0 Å². The fraction of sp³-hybridized carbons (Fsp3) is 1.00. The number of likely N-dealkylation sites (tertiary alicyclic amines) is 1. The van der Waals surface area contributed by atoms with Gasteiger partial charge in [-0.2, -0.15) is 0 Å². The van der Waals surface area contributed by atoms with E-state index in [2.05, 4.69) is 16.8 Å². The normalized spacial score (nSPS) is 17.4. The fourth-order valence-corrected chi connectivity index (χ4v) is 2.45. The molecule has 0 aromatic carbocycles. The van der Waals surface area contributed by atoms with Crippen LogP contribution in [0.4, 0.5) is 0 Å². The predicted octanol–water partition coefficient (Wildman–Crippen LogP) is 2.81. The molecule has 1 aliphatic heterocycles. The van der Waals surface area contributed by atoms with Crippen LogP contribution in [0.3, 0.4) is 0 Å². The minimum Gasteiger partial charge on any atom is -0.305 e. The van der Waals surface area contributed by atoms with Crippen LogP contribution in [0.2, 0.25) is 0 Å². The van der Waals surface area contributed by atoms with Crippen molar-refractivity contribution < 1.29 is 0 Å². The van der Waals surface area contributed by atoms with E-state index in [4.69, 9.17) is 11.6 Å². The van der Waals surface area contributed by atoms with Crippen LogP contribution in [-0.2, 0) is 0 Å². The summed E-state index contributed by atoms with van der Waals surface area (Å²) in [5.74, 6) is 0.824. The van der Waals surface area contributed by atoms with E-state index in [1.807, 2.05) is 0 Å². The number of likely N-dealkylation sites (N-methyl/N-ethyl adjacent to an activating group) is 1. The highest BCUT2D eigenvalue weighted by Gasteiger charge is 2.11. The van der Waals surface area contributed by atoms with Gasteiger partial charge in [0, 0.05) is 19.0 Å². The fourth-order valence-electron chi connectivity index (χ4n) is 2.26. The number of unbranched alkanes of at least 4 members (excludes halogenated alkanes) is 3. The second kappa shape index (κ2) is 9.26. The molecule has 0 atom stereocenters. The van der Waals surface area contributed by atoms with E-state index in [1.165, 1.54) is 71.2 Å². The van der Waals surface area contributed by atoms with Gasteiger partial charge in [-0.3, -0.25) is 0 Å². The van der Waals surface area contributed by atoms with Crippen LogP contribution < -0.4 is 0 Å². The SMILES string of the molecule is CN(CCCCCCCl)CCN1CCCC1. The molecule has 0 saturated carbocycles. The topological polar surface area (TPSA) is 6.48 Å². The Morgan fingerprint density at radius 3 is 2.38 bits per heavy atom. The first-order valence-corrected chi connectivity index (χ1v) is 7.33. The monoisotopic (exact) mass is 246 g/mol. The van der Waals surface area contributed by atoms with Gasteiger partial charge >= 0.3 is 0 Å². The largest absolute Gasteiger partial charge is 0.305 e. The van der Waals surface area contributed by atoms with Crippen molar-refractivity contribution in [3.8, 4) is 0 Å². The lowest BCUT2D eigenvalue weighted by Crippen LogP contribution is -2.31. The van der Waals surface area contributed by atoms with E-state index in [0.717, 1.165) is 5.88 Å². The minimum absolute atomic E-state index is 0.824. The Balaban J connectivity index is 1.87. The summed E-state index contributed by atoms with van der Waals surface area (Å²) < 4.78 is 0. The van der Waals surface area contributed by atoms with Gasteiger partial charge < -0.3 is 9.80 Å². The number of alkyl halides is 1.